The molecule has 1 aromatic heterocycles. The summed E-state index contributed by atoms with van der Waals surface area (Å²) in [6.45, 7) is 3.24. The number of nitrogens with one attached hydrogen (secondary N) is 2. The van der Waals surface area contributed by atoms with Gasteiger partial charge in [-0.25, -0.2) is 0 Å². The normalized spacial score (nSPS) is 10.5. The zero-order valence-corrected chi connectivity index (χ0v) is 11.6. The fourth-order valence-electron chi connectivity index (χ4n) is 1.41. The van der Waals surface area contributed by atoms with Crippen LogP contribution in [0.4, 0.5) is 5.82 Å². The van der Waals surface area contributed by atoms with Crippen LogP contribution in [0, 0.1) is 0 Å². The minimum Gasteiger partial charge on any atom is -0.383 e. The van der Waals surface area contributed by atoms with Crippen LogP contribution in [0.5, 0.6) is 0 Å². The maximum atomic E-state index is 11.3. The molecule has 0 spiro atoms. The molecule has 0 aliphatic carbocycles. The zero-order valence-electron chi connectivity index (χ0n) is 11.6. The molecule has 0 aromatic carbocycles. The van der Waals surface area contributed by atoms with E-state index in [2.05, 4.69) is 25.7 Å². The number of carbonyl (C=O) groups excluding carboxylic acids is 1. The number of methoxy groups -OCH3 is 1. The number of amides is 1. The zero-order chi connectivity index (χ0) is 14.1. The molecule has 0 unspecified atom stereocenters. The summed E-state index contributed by atoms with van der Waals surface area (Å²) in [5.41, 5.74) is 0.310. The molecule has 1 heterocycles. The highest BCUT2D eigenvalue weighted by Crippen LogP contribution is 2.01. The summed E-state index contributed by atoms with van der Waals surface area (Å²) in [4.78, 5) is 13.4. The molecular weight excluding hydrogens is 246 g/mol. The van der Waals surface area contributed by atoms with Crippen LogP contribution in [-0.4, -0.2) is 68.5 Å². The topological polar surface area (TPSA) is 79.4 Å². The van der Waals surface area contributed by atoms with Gasteiger partial charge in [0.15, 0.2) is 5.69 Å². The van der Waals surface area contributed by atoms with Crippen molar-refractivity contribution in [2.24, 2.45) is 0 Å². The lowest BCUT2D eigenvalue weighted by molar-refractivity contribution is 0.0957. The summed E-state index contributed by atoms with van der Waals surface area (Å²) in [5, 5.41) is 13.4. The Morgan fingerprint density at radius 2 is 2.16 bits per heavy atom. The third kappa shape index (κ3) is 5.62. The van der Waals surface area contributed by atoms with Crippen molar-refractivity contribution in [3.63, 3.8) is 0 Å². The Morgan fingerprint density at radius 1 is 1.37 bits per heavy atom. The quantitative estimate of drug-likeness (QED) is 0.680. The number of rotatable bonds is 8. The summed E-state index contributed by atoms with van der Waals surface area (Å²) in [6.07, 6.45) is 0. The van der Waals surface area contributed by atoms with Crippen LogP contribution in [0.15, 0.2) is 12.1 Å². The minimum absolute atomic E-state index is 0.238. The van der Waals surface area contributed by atoms with Gasteiger partial charge in [0.2, 0.25) is 0 Å². The molecule has 19 heavy (non-hydrogen) atoms. The number of hydrogen-bond donors (Lipinski definition) is 2. The van der Waals surface area contributed by atoms with Crippen molar-refractivity contribution in [1.29, 1.82) is 0 Å². The molecule has 7 heteroatoms. The lowest BCUT2D eigenvalue weighted by Crippen LogP contribution is -2.28. The standard InChI is InChI=1S/C12H21N5O2/c1-13-12(18)10-4-5-11(16-15-10)14-6-7-17(2)8-9-19-3/h4-5H,6-9H2,1-3H3,(H,13,18)(H,14,16). The van der Waals surface area contributed by atoms with Gasteiger partial charge in [-0.3, -0.25) is 4.79 Å². The Kier molecular flexibility index (Phi) is 6.76. The SMILES string of the molecule is CNC(=O)c1ccc(NCCN(C)CCOC)nn1. The van der Waals surface area contributed by atoms with Gasteiger partial charge in [-0.15, -0.1) is 10.2 Å². The van der Waals surface area contributed by atoms with E-state index >= 15 is 0 Å². The Balaban J connectivity index is 2.32. The predicted octanol–water partition coefficient (Wildman–Crippen LogP) is -0.174. The fourth-order valence-corrected chi connectivity index (χ4v) is 1.41. The number of likely N-dealkylation sites (N-methyl/N-ethyl adjacent to an activating group) is 1. The van der Waals surface area contributed by atoms with Crippen molar-refractivity contribution in [2.45, 2.75) is 0 Å². The van der Waals surface area contributed by atoms with Crippen LogP contribution in [0.25, 0.3) is 0 Å². The molecule has 0 fully saturated rings. The van der Waals surface area contributed by atoms with Gasteiger partial charge in [0.1, 0.15) is 5.82 Å². The molecule has 0 radical (unpaired) electrons. The minimum atomic E-state index is -0.238. The third-order valence-electron chi connectivity index (χ3n) is 2.60. The first-order valence-corrected chi connectivity index (χ1v) is 6.14. The molecule has 1 amide bonds. The second-order valence-electron chi connectivity index (χ2n) is 4.11. The van der Waals surface area contributed by atoms with Gasteiger partial charge in [0.05, 0.1) is 6.61 Å². The molecule has 7 nitrogen and oxygen atoms in total. The number of hydrogen-bond acceptors (Lipinski definition) is 6. The molecule has 0 atom stereocenters. The number of aromatic nitrogens is 2. The van der Waals surface area contributed by atoms with Crippen molar-refractivity contribution in [3.8, 4) is 0 Å². The maximum absolute atomic E-state index is 11.3. The summed E-state index contributed by atoms with van der Waals surface area (Å²) in [5.74, 6) is 0.422. The lowest BCUT2D eigenvalue weighted by atomic mass is 10.3. The summed E-state index contributed by atoms with van der Waals surface area (Å²) >= 11 is 0. The van der Waals surface area contributed by atoms with Crippen molar-refractivity contribution in [1.82, 2.24) is 20.4 Å². The summed E-state index contributed by atoms with van der Waals surface area (Å²) in [7, 11) is 5.28. The average Bonchev–Trinajstić information content (AvgIpc) is 2.45. The molecule has 0 bridgehead atoms. The smallest absolute Gasteiger partial charge is 0.271 e. The Labute approximate surface area is 113 Å². The Bertz CT molecular complexity index is 382. The predicted molar refractivity (Wildman–Crippen MR) is 73.3 cm³/mol. The molecule has 1 rings (SSSR count). The third-order valence-corrected chi connectivity index (χ3v) is 2.60. The number of anilines is 1. The highest BCUT2D eigenvalue weighted by atomic mass is 16.5. The van der Waals surface area contributed by atoms with Gasteiger partial charge in [-0.2, -0.15) is 0 Å². The molecule has 106 valence electrons. The number of carbonyl (C=O) groups is 1. The second kappa shape index (κ2) is 8.39. The first-order valence-electron chi connectivity index (χ1n) is 6.14. The maximum Gasteiger partial charge on any atom is 0.271 e. The first-order chi connectivity index (χ1) is 9.17. The van der Waals surface area contributed by atoms with Gasteiger partial charge in [0.25, 0.3) is 5.91 Å². The van der Waals surface area contributed by atoms with Gasteiger partial charge in [0, 0.05) is 33.8 Å². The van der Waals surface area contributed by atoms with Crippen molar-refractivity contribution >= 4 is 11.7 Å². The first kappa shape index (κ1) is 15.3. The van der Waals surface area contributed by atoms with Crippen LogP contribution < -0.4 is 10.6 Å². The molecule has 0 aliphatic rings. The van der Waals surface area contributed by atoms with E-state index in [4.69, 9.17) is 4.74 Å². The van der Waals surface area contributed by atoms with Crippen LogP contribution in [0.1, 0.15) is 10.5 Å². The van der Waals surface area contributed by atoms with Gasteiger partial charge in [-0.05, 0) is 19.2 Å². The lowest BCUT2D eigenvalue weighted by Gasteiger charge is -2.16. The van der Waals surface area contributed by atoms with Crippen molar-refractivity contribution < 1.29 is 9.53 Å². The Morgan fingerprint density at radius 3 is 2.74 bits per heavy atom. The Hall–Kier alpha value is -1.73. The summed E-state index contributed by atoms with van der Waals surface area (Å²) < 4.78 is 5.00. The van der Waals surface area contributed by atoms with E-state index in [1.54, 1.807) is 26.3 Å². The van der Waals surface area contributed by atoms with Crippen LogP contribution in [0.2, 0.25) is 0 Å². The molecule has 0 saturated heterocycles. The van der Waals surface area contributed by atoms with Crippen LogP contribution >= 0.6 is 0 Å². The van der Waals surface area contributed by atoms with E-state index in [1.165, 1.54) is 0 Å². The molecular formula is C12H21N5O2. The van der Waals surface area contributed by atoms with Crippen molar-refractivity contribution in [2.75, 3.05) is 52.8 Å². The van der Waals surface area contributed by atoms with E-state index in [-0.39, 0.29) is 5.91 Å². The van der Waals surface area contributed by atoms with Gasteiger partial charge >= 0.3 is 0 Å². The van der Waals surface area contributed by atoms with Crippen molar-refractivity contribution in [3.05, 3.63) is 17.8 Å². The second-order valence-corrected chi connectivity index (χ2v) is 4.11. The van der Waals surface area contributed by atoms with Crippen LogP contribution in [0.3, 0.4) is 0 Å². The van der Waals surface area contributed by atoms with Gasteiger partial charge in [-0.1, -0.05) is 0 Å². The van der Waals surface area contributed by atoms with Gasteiger partial charge < -0.3 is 20.3 Å². The van der Waals surface area contributed by atoms with E-state index in [0.717, 1.165) is 26.2 Å². The van der Waals surface area contributed by atoms with E-state index < -0.39 is 0 Å². The molecule has 1 aromatic rings. The monoisotopic (exact) mass is 267 g/mol. The fraction of sp³-hybridized carbons (Fsp3) is 0.583. The highest BCUT2D eigenvalue weighted by molar-refractivity contribution is 5.91. The molecule has 0 aliphatic heterocycles. The van der Waals surface area contributed by atoms with E-state index in [1.807, 2.05) is 7.05 Å². The highest BCUT2D eigenvalue weighted by Gasteiger charge is 2.05. The number of ether oxygens (including phenoxy) is 1. The number of nitrogens with zero attached hydrogens (tertiary/aromatic N) is 3. The molecule has 0 saturated carbocycles. The average molecular weight is 267 g/mol. The van der Waals surface area contributed by atoms with E-state index in [0.29, 0.717) is 11.5 Å². The van der Waals surface area contributed by atoms with Crippen LogP contribution in [-0.2, 0) is 4.74 Å². The summed E-state index contributed by atoms with van der Waals surface area (Å²) in [6, 6.07) is 3.38. The largest absolute Gasteiger partial charge is 0.383 e. The molecule has 2 N–H and O–H groups in total. The van der Waals surface area contributed by atoms with E-state index in [9.17, 15) is 4.79 Å².